The molecule has 1 aromatic rings. The van der Waals surface area contributed by atoms with Crippen LogP contribution in [0.4, 0.5) is 0 Å². The molecule has 4 heteroatoms. The Labute approximate surface area is 128 Å². The van der Waals surface area contributed by atoms with Crippen molar-refractivity contribution >= 4 is 27.5 Å². The van der Waals surface area contributed by atoms with Crippen molar-refractivity contribution in [3.05, 3.63) is 33.3 Å². The molecule has 1 aliphatic heterocycles. The molecule has 0 amide bonds. The lowest BCUT2D eigenvalue weighted by molar-refractivity contribution is 0.232. The number of halogens is 2. The fraction of sp³-hybridized carbons (Fsp3) is 0.600. The molecule has 1 saturated heterocycles. The summed E-state index contributed by atoms with van der Waals surface area (Å²) in [5.74, 6) is 1.81. The quantitative estimate of drug-likeness (QED) is 0.903. The molecule has 3 rings (SSSR count). The monoisotopic (exact) mass is 342 g/mol. The van der Waals surface area contributed by atoms with Gasteiger partial charge in [0, 0.05) is 30.1 Å². The Balaban J connectivity index is 1.79. The predicted molar refractivity (Wildman–Crippen MR) is 83.4 cm³/mol. The molecule has 0 aromatic heterocycles. The van der Waals surface area contributed by atoms with Gasteiger partial charge in [0.1, 0.15) is 0 Å². The van der Waals surface area contributed by atoms with Gasteiger partial charge in [-0.15, -0.1) is 0 Å². The van der Waals surface area contributed by atoms with Crippen molar-refractivity contribution in [3.63, 3.8) is 0 Å². The normalized spacial score (nSPS) is 28.6. The Morgan fingerprint density at radius 2 is 2.00 bits per heavy atom. The number of benzene rings is 1. The summed E-state index contributed by atoms with van der Waals surface area (Å²) < 4.78 is 0.951. The van der Waals surface area contributed by atoms with Crippen LogP contribution in [0.5, 0.6) is 0 Å². The van der Waals surface area contributed by atoms with Gasteiger partial charge < -0.3 is 5.73 Å². The van der Waals surface area contributed by atoms with Gasteiger partial charge in [-0.05, 0) is 58.3 Å². The van der Waals surface area contributed by atoms with Gasteiger partial charge in [0.05, 0.1) is 5.02 Å². The zero-order valence-corrected chi connectivity index (χ0v) is 13.3. The Bertz CT molecular complexity index is 453. The molecule has 104 valence electrons. The summed E-state index contributed by atoms with van der Waals surface area (Å²) in [5, 5.41) is 0.773. The van der Waals surface area contributed by atoms with Crippen LogP contribution in [0.2, 0.25) is 5.02 Å². The minimum Gasteiger partial charge on any atom is -0.329 e. The first-order chi connectivity index (χ1) is 9.19. The highest BCUT2D eigenvalue weighted by Gasteiger charge is 2.38. The first-order valence-corrected chi connectivity index (χ1v) is 8.25. The largest absolute Gasteiger partial charge is 0.329 e. The maximum atomic E-state index is 6.21. The lowest BCUT2D eigenvalue weighted by Gasteiger charge is -2.28. The zero-order chi connectivity index (χ0) is 13.4. The first kappa shape index (κ1) is 13.9. The summed E-state index contributed by atoms with van der Waals surface area (Å²) in [6, 6.07) is 6.53. The Morgan fingerprint density at radius 1 is 1.32 bits per heavy atom. The van der Waals surface area contributed by atoms with Gasteiger partial charge in [0.15, 0.2) is 0 Å². The fourth-order valence-corrected chi connectivity index (χ4v) is 4.18. The summed E-state index contributed by atoms with van der Waals surface area (Å²) >= 11 is 9.66. The highest BCUT2D eigenvalue weighted by atomic mass is 79.9. The minimum absolute atomic E-state index is 0.316. The number of fused-ring (bicyclic) bond motifs is 1. The van der Waals surface area contributed by atoms with Crippen molar-refractivity contribution < 1.29 is 0 Å². The molecule has 0 bridgehead atoms. The van der Waals surface area contributed by atoms with Gasteiger partial charge >= 0.3 is 0 Å². The van der Waals surface area contributed by atoms with Crippen LogP contribution >= 0.6 is 27.5 Å². The summed E-state index contributed by atoms with van der Waals surface area (Å²) in [6.45, 7) is 3.08. The molecule has 3 unspecified atom stereocenters. The van der Waals surface area contributed by atoms with Crippen LogP contribution < -0.4 is 5.73 Å². The van der Waals surface area contributed by atoms with E-state index in [4.69, 9.17) is 17.3 Å². The van der Waals surface area contributed by atoms with E-state index < -0.39 is 0 Å². The highest BCUT2D eigenvalue weighted by Crippen LogP contribution is 2.41. The second-order valence-electron chi connectivity index (χ2n) is 5.83. The molecule has 1 aliphatic carbocycles. The second-order valence-corrected chi connectivity index (χ2v) is 7.09. The number of nitrogens with two attached hydrogens (primary N) is 1. The standard InChI is InChI=1S/C15H20BrClN2/c16-13-5-4-10(6-14(13)17)15(7-18)19-8-11-2-1-3-12(11)9-19/h4-6,11-12,15H,1-3,7-9,18H2. The third kappa shape index (κ3) is 2.71. The van der Waals surface area contributed by atoms with Crippen molar-refractivity contribution in [2.45, 2.75) is 25.3 Å². The van der Waals surface area contributed by atoms with Gasteiger partial charge in [-0.2, -0.15) is 0 Å². The molecule has 2 nitrogen and oxygen atoms in total. The van der Waals surface area contributed by atoms with E-state index >= 15 is 0 Å². The molecule has 0 spiro atoms. The van der Waals surface area contributed by atoms with Crippen LogP contribution in [0.1, 0.15) is 30.9 Å². The van der Waals surface area contributed by atoms with E-state index in [0.29, 0.717) is 12.6 Å². The lowest BCUT2D eigenvalue weighted by Crippen LogP contribution is -2.32. The summed E-state index contributed by atoms with van der Waals surface area (Å²) in [6.07, 6.45) is 4.22. The average Bonchev–Trinajstić information content (AvgIpc) is 2.95. The number of nitrogens with zero attached hydrogens (tertiary/aromatic N) is 1. The van der Waals surface area contributed by atoms with E-state index in [0.717, 1.165) is 21.3 Å². The van der Waals surface area contributed by atoms with Gasteiger partial charge in [-0.1, -0.05) is 24.1 Å². The molecule has 1 aromatic carbocycles. The number of hydrogen-bond acceptors (Lipinski definition) is 2. The van der Waals surface area contributed by atoms with Crippen molar-refractivity contribution in [3.8, 4) is 0 Å². The van der Waals surface area contributed by atoms with Crippen molar-refractivity contribution in [1.82, 2.24) is 4.90 Å². The van der Waals surface area contributed by atoms with E-state index in [2.05, 4.69) is 33.0 Å². The number of rotatable bonds is 3. The molecule has 1 saturated carbocycles. The van der Waals surface area contributed by atoms with Crippen LogP contribution in [0.3, 0.4) is 0 Å². The maximum Gasteiger partial charge on any atom is 0.0551 e. The zero-order valence-electron chi connectivity index (χ0n) is 11.0. The van der Waals surface area contributed by atoms with E-state index in [1.54, 1.807) is 0 Å². The van der Waals surface area contributed by atoms with Crippen molar-refractivity contribution in [2.75, 3.05) is 19.6 Å². The van der Waals surface area contributed by atoms with Crippen LogP contribution in [-0.4, -0.2) is 24.5 Å². The molecule has 0 radical (unpaired) electrons. The van der Waals surface area contributed by atoms with Crippen molar-refractivity contribution in [1.29, 1.82) is 0 Å². The van der Waals surface area contributed by atoms with E-state index in [1.165, 1.54) is 37.9 Å². The maximum absolute atomic E-state index is 6.21. The van der Waals surface area contributed by atoms with Crippen LogP contribution in [0.15, 0.2) is 22.7 Å². The van der Waals surface area contributed by atoms with Gasteiger partial charge in [0.2, 0.25) is 0 Å². The Hall–Kier alpha value is -0.0900. The molecule has 1 heterocycles. The van der Waals surface area contributed by atoms with E-state index in [9.17, 15) is 0 Å². The Kier molecular flexibility index (Phi) is 4.18. The van der Waals surface area contributed by atoms with Crippen LogP contribution in [0, 0.1) is 11.8 Å². The Morgan fingerprint density at radius 3 is 2.58 bits per heavy atom. The van der Waals surface area contributed by atoms with Gasteiger partial charge in [-0.3, -0.25) is 4.90 Å². The lowest BCUT2D eigenvalue weighted by atomic mass is 10.0. The van der Waals surface area contributed by atoms with Gasteiger partial charge in [0.25, 0.3) is 0 Å². The second kappa shape index (κ2) is 5.72. The van der Waals surface area contributed by atoms with Crippen LogP contribution in [0.25, 0.3) is 0 Å². The topological polar surface area (TPSA) is 29.3 Å². The number of hydrogen-bond donors (Lipinski definition) is 1. The van der Waals surface area contributed by atoms with E-state index in [1.807, 2.05) is 6.07 Å². The third-order valence-electron chi connectivity index (χ3n) is 4.75. The fourth-order valence-electron chi connectivity index (χ4n) is 3.74. The number of likely N-dealkylation sites (tertiary alicyclic amines) is 1. The highest BCUT2D eigenvalue weighted by molar-refractivity contribution is 9.10. The molecule has 2 fully saturated rings. The average molecular weight is 344 g/mol. The van der Waals surface area contributed by atoms with E-state index in [-0.39, 0.29) is 0 Å². The molecule has 2 N–H and O–H groups in total. The summed E-state index contributed by atoms with van der Waals surface area (Å²) in [7, 11) is 0. The summed E-state index contributed by atoms with van der Waals surface area (Å²) in [4.78, 5) is 2.56. The molecule has 19 heavy (non-hydrogen) atoms. The SMILES string of the molecule is NCC(c1ccc(Br)c(Cl)c1)N1CC2CCCC2C1. The molecular formula is C15H20BrClN2. The van der Waals surface area contributed by atoms with Gasteiger partial charge in [-0.25, -0.2) is 0 Å². The molecular weight excluding hydrogens is 324 g/mol. The van der Waals surface area contributed by atoms with Crippen molar-refractivity contribution in [2.24, 2.45) is 17.6 Å². The predicted octanol–water partition coefficient (Wildman–Crippen LogP) is 3.83. The summed E-state index contributed by atoms with van der Waals surface area (Å²) in [5.41, 5.74) is 7.27. The minimum atomic E-state index is 0.316. The molecule has 3 atom stereocenters. The smallest absolute Gasteiger partial charge is 0.0551 e. The molecule has 2 aliphatic rings. The third-order valence-corrected chi connectivity index (χ3v) is 5.98. The van der Waals surface area contributed by atoms with Crippen LogP contribution in [-0.2, 0) is 0 Å². The first-order valence-electron chi connectivity index (χ1n) is 7.08.